The molecular formula is C17H20N4O3S. The van der Waals surface area contributed by atoms with Gasteiger partial charge in [0.25, 0.3) is 0 Å². The van der Waals surface area contributed by atoms with Gasteiger partial charge in [-0.15, -0.1) is 10.2 Å². The number of benzene rings is 1. The van der Waals surface area contributed by atoms with Gasteiger partial charge in [0.15, 0.2) is 0 Å². The Balaban J connectivity index is 1.48. The van der Waals surface area contributed by atoms with Gasteiger partial charge in [-0.25, -0.2) is 0 Å². The highest BCUT2D eigenvalue weighted by molar-refractivity contribution is 7.13. The Morgan fingerprint density at radius 3 is 2.68 bits per heavy atom. The van der Waals surface area contributed by atoms with Crippen molar-refractivity contribution in [1.29, 1.82) is 0 Å². The van der Waals surface area contributed by atoms with Crippen molar-refractivity contribution >= 4 is 28.3 Å². The van der Waals surface area contributed by atoms with E-state index in [-0.39, 0.29) is 24.7 Å². The van der Waals surface area contributed by atoms with Crippen LogP contribution >= 0.6 is 11.3 Å². The van der Waals surface area contributed by atoms with Crippen molar-refractivity contribution in [2.45, 2.75) is 38.6 Å². The maximum absolute atomic E-state index is 12.0. The van der Waals surface area contributed by atoms with E-state index in [1.807, 2.05) is 0 Å². The lowest BCUT2D eigenvalue weighted by atomic mass is 10.0. The highest BCUT2D eigenvalue weighted by Gasteiger charge is 2.16. The molecule has 25 heavy (non-hydrogen) atoms. The fourth-order valence-electron chi connectivity index (χ4n) is 2.90. The topological polar surface area (TPSA) is 93.2 Å². The second-order valence-electron chi connectivity index (χ2n) is 5.86. The number of anilines is 1. The molecule has 1 aromatic heterocycles. The molecule has 1 aliphatic carbocycles. The van der Waals surface area contributed by atoms with Crippen molar-refractivity contribution in [2.24, 2.45) is 0 Å². The fourth-order valence-corrected chi connectivity index (χ4v) is 3.36. The summed E-state index contributed by atoms with van der Waals surface area (Å²) in [5.41, 5.74) is 5.17. The van der Waals surface area contributed by atoms with Gasteiger partial charge in [-0.05, 0) is 36.5 Å². The Morgan fingerprint density at radius 2 is 1.96 bits per heavy atom. The number of hydrogen-bond donors (Lipinski definition) is 2. The number of carbonyl (C=O) groups excluding carboxylic acids is 2. The first-order chi connectivity index (χ1) is 12.2. The quantitative estimate of drug-likeness (QED) is 0.788. The Kier molecular flexibility index (Phi) is 5.60. The summed E-state index contributed by atoms with van der Waals surface area (Å²) in [6, 6.07) is 4.18. The van der Waals surface area contributed by atoms with E-state index in [0.29, 0.717) is 11.7 Å². The zero-order valence-corrected chi connectivity index (χ0v) is 14.8. The van der Waals surface area contributed by atoms with Gasteiger partial charge < -0.3 is 15.4 Å². The molecule has 7 nitrogen and oxygen atoms in total. The number of aryl methyl sites for hydroxylation is 2. The van der Waals surface area contributed by atoms with Crippen molar-refractivity contribution in [3.63, 3.8) is 0 Å². The standard InChI is InChI=1S/C17H20N4O3S/c1-24-14-8-12-4-2-3-11(12)7-13(14)9-18-15(22)5-6-16(23)20-17-21-19-10-25-17/h7-8,10H,2-6,9H2,1H3,(H,18,22)(H,20,21,23). The number of nitrogens with one attached hydrogen (secondary N) is 2. The molecule has 2 amide bonds. The molecule has 132 valence electrons. The van der Waals surface area contributed by atoms with Gasteiger partial charge in [0.2, 0.25) is 16.9 Å². The van der Waals surface area contributed by atoms with E-state index in [4.69, 9.17) is 4.74 Å². The summed E-state index contributed by atoms with van der Waals surface area (Å²) in [5.74, 6) is 0.381. The second-order valence-corrected chi connectivity index (χ2v) is 6.69. The molecule has 0 unspecified atom stereocenters. The molecule has 0 fully saturated rings. The number of aromatic nitrogens is 2. The molecule has 2 N–H and O–H groups in total. The van der Waals surface area contributed by atoms with Gasteiger partial charge >= 0.3 is 0 Å². The Hall–Kier alpha value is -2.48. The summed E-state index contributed by atoms with van der Waals surface area (Å²) in [5, 5.41) is 13.3. The largest absolute Gasteiger partial charge is 0.496 e. The number of amides is 2. The molecule has 0 bridgehead atoms. The van der Waals surface area contributed by atoms with E-state index in [0.717, 1.165) is 30.6 Å². The third-order valence-corrected chi connectivity index (χ3v) is 4.76. The maximum atomic E-state index is 12.0. The molecule has 0 saturated heterocycles. The van der Waals surface area contributed by atoms with Crippen LogP contribution in [0.15, 0.2) is 17.6 Å². The van der Waals surface area contributed by atoms with E-state index in [9.17, 15) is 9.59 Å². The smallest absolute Gasteiger partial charge is 0.226 e. The molecule has 0 radical (unpaired) electrons. The molecular weight excluding hydrogens is 340 g/mol. The number of ether oxygens (including phenoxy) is 1. The molecule has 0 atom stereocenters. The van der Waals surface area contributed by atoms with Crippen LogP contribution in [0.3, 0.4) is 0 Å². The summed E-state index contributed by atoms with van der Waals surface area (Å²) in [4.78, 5) is 23.7. The highest BCUT2D eigenvalue weighted by Crippen LogP contribution is 2.29. The van der Waals surface area contributed by atoms with Crippen LogP contribution in [0.4, 0.5) is 5.13 Å². The SMILES string of the molecule is COc1cc2c(cc1CNC(=O)CCC(=O)Nc1nncs1)CCC2. The van der Waals surface area contributed by atoms with E-state index in [1.54, 1.807) is 7.11 Å². The van der Waals surface area contributed by atoms with E-state index in [1.165, 1.54) is 28.0 Å². The zero-order chi connectivity index (χ0) is 17.6. The predicted molar refractivity (Wildman–Crippen MR) is 94.6 cm³/mol. The summed E-state index contributed by atoms with van der Waals surface area (Å²) in [6.45, 7) is 0.396. The molecule has 1 aromatic carbocycles. The highest BCUT2D eigenvalue weighted by atomic mass is 32.1. The summed E-state index contributed by atoms with van der Waals surface area (Å²) >= 11 is 1.24. The fraction of sp³-hybridized carbons (Fsp3) is 0.412. The zero-order valence-electron chi connectivity index (χ0n) is 14.0. The average molecular weight is 360 g/mol. The average Bonchev–Trinajstić information content (AvgIpc) is 3.28. The minimum absolute atomic E-state index is 0.104. The minimum atomic E-state index is -0.248. The van der Waals surface area contributed by atoms with Gasteiger partial charge in [0.1, 0.15) is 11.3 Å². The van der Waals surface area contributed by atoms with Crippen molar-refractivity contribution in [3.8, 4) is 5.75 Å². The van der Waals surface area contributed by atoms with Gasteiger partial charge in [-0.1, -0.05) is 17.4 Å². The van der Waals surface area contributed by atoms with Crippen LogP contribution in [0, 0.1) is 0 Å². The number of rotatable bonds is 7. The van der Waals surface area contributed by atoms with E-state index in [2.05, 4.69) is 33.0 Å². The van der Waals surface area contributed by atoms with Crippen LogP contribution in [-0.4, -0.2) is 29.1 Å². The number of carbonyl (C=O) groups is 2. The number of methoxy groups -OCH3 is 1. The first-order valence-corrected chi connectivity index (χ1v) is 9.05. The molecule has 0 aliphatic heterocycles. The van der Waals surface area contributed by atoms with Gasteiger partial charge in [-0.2, -0.15) is 0 Å². The number of fused-ring (bicyclic) bond motifs is 1. The van der Waals surface area contributed by atoms with Crippen LogP contribution in [0.1, 0.15) is 36.0 Å². The third kappa shape index (κ3) is 4.54. The van der Waals surface area contributed by atoms with E-state index < -0.39 is 0 Å². The van der Waals surface area contributed by atoms with Crippen LogP contribution in [0.5, 0.6) is 5.75 Å². The molecule has 0 spiro atoms. The van der Waals surface area contributed by atoms with Crippen molar-refractivity contribution < 1.29 is 14.3 Å². The van der Waals surface area contributed by atoms with Gasteiger partial charge in [-0.3, -0.25) is 9.59 Å². The lowest BCUT2D eigenvalue weighted by Crippen LogP contribution is -2.24. The molecule has 1 aliphatic rings. The van der Waals surface area contributed by atoms with Gasteiger partial charge in [0, 0.05) is 24.9 Å². The second kappa shape index (κ2) is 8.06. The molecule has 1 heterocycles. The minimum Gasteiger partial charge on any atom is -0.496 e. The van der Waals surface area contributed by atoms with Crippen molar-refractivity contribution in [3.05, 3.63) is 34.3 Å². The molecule has 2 aromatic rings. The summed E-state index contributed by atoms with van der Waals surface area (Å²) in [6.07, 6.45) is 3.55. The summed E-state index contributed by atoms with van der Waals surface area (Å²) in [7, 11) is 1.64. The maximum Gasteiger partial charge on any atom is 0.226 e. The van der Waals surface area contributed by atoms with Crippen LogP contribution in [0.2, 0.25) is 0 Å². The monoisotopic (exact) mass is 360 g/mol. The predicted octanol–water partition coefficient (Wildman–Crippen LogP) is 2.07. The van der Waals surface area contributed by atoms with Crippen LogP contribution in [-0.2, 0) is 29.0 Å². The Labute approximate surface area is 149 Å². The first kappa shape index (κ1) is 17.3. The Bertz CT molecular complexity index is 762. The number of hydrogen-bond acceptors (Lipinski definition) is 6. The van der Waals surface area contributed by atoms with Crippen LogP contribution < -0.4 is 15.4 Å². The first-order valence-electron chi connectivity index (χ1n) is 8.17. The van der Waals surface area contributed by atoms with Crippen molar-refractivity contribution in [1.82, 2.24) is 15.5 Å². The molecule has 8 heteroatoms. The lowest BCUT2D eigenvalue weighted by Gasteiger charge is -2.12. The third-order valence-electron chi connectivity index (χ3n) is 4.16. The number of nitrogens with zero attached hydrogens (tertiary/aromatic N) is 2. The normalized spacial score (nSPS) is 12.5. The lowest BCUT2D eigenvalue weighted by molar-refractivity contribution is -0.124. The van der Waals surface area contributed by atoms with Crippen LogP contribution in [0.25, 0.3) is 0 Å². The molecule has 3 rings (SSSR count). The molecule has 0 saturated carbocycles. The van der Waals surface area contributed by atoms with E-state index >= 15 is 0 Å². The summed E-state index contributed by atoms with van der Waals surface area (Å²) < 4.78 is 5.43. The van der Waals surface area contributed by atoms with Crippen molar-refractivity contribution in [2.75, 3.05) is 12.4 Å². The van der Waals surface area contributed by atoms with Gasteiger partial charge in [0.05, 0.1) is 7.11 Å². The Morgan fingerprint density at radius 1 is 1.20 bits per heavy atom.